The van der Waals surface area contributed by atoms with Gasteiger partial charge in [0, 0.05) is 58.1 Å². The van der Waals surface area contributed by atoms with E-state index in [4.69, 9.17) is 102 Å². The highest BCUT2D eigenvalue weighted by atomic mass is 32.1. The van der Waals surface area contributed by atoms with E-state index >= 15 is 0 Å². The van der Waals surface area contributed by atoms with Crippen molar-refractivity contribution in [2.45, 2.75) is 183 Å². The molecule has 0 rings (SSSR count). The van der Waals surface area contributed by atoms with Gasteiger partial charge in [-0.3, -0.25) is 87.9 Å². The van der Waals surface area contributed by atoms with E-state index in [0.717, 1.165) is 0 Å². The molecule has 0 bridgehead atoms. The van der Waals surface area contributed by atoms with Gasteiger partial charge in [0.15, 0.2) is 47.7 Å². The Bertz CT molecular complexity index is 2950. The number of carbonyl (C=O) groups excluding carboxylic acids is 10. The lowest BCUT2D eigenvalue weighted by Crippen LogP contribution is -2.60. The molecule has 0 aromatic heterocycles. The third kappa shape index (κ3) is 46.3. The Kier molecular flexibility index (Phi) is 45.9. The summed E-state index contributed by atoms with van der Waals surface area (Å²) in [5.41, 5.74) is 93.9. The summed E-state index contributed by atoms with van der Waals surface area (Å²) in [6, 6.07) is -13.1. The minimum atomic E-state index is -1.57. The van der Waals surface area contributed by atoms with E-state index in [-0.39, 0.29) is 209 Å². The van der Waals surface area contributed by atoms with Crippen LogP contribution in [0.1, 0.15) is 124 Å². The van der Waals surface area contributed by atoms with Crippen LogP contribution >= 0.6 is 12.6 Å². The molecule has 0 unspecified atom stereocenters. The molecule has 0 aliphatic rings. The summed E-state index contributed by atoms with van der Waals surface area (Å²) in [7, 11) is 0. The fraction of sp³-hybridized carbons (Fsp3) is 0.684. The molecule has 584 valence electrons. The number of hydrogen-bond donors (Lipinski definition) is 27. The van der Waals surface area contributed by atoms with Gasteiger partial charge in [-0.15, -0.1) is 0 Å². The molecule has 0 heterocycles. The summed E-state index contributed by atoms with van der Waals surface area (Å²) in [5, 5.41) is 23.6. The molecule has 0 radical (unpaired) electrons. The van der Waals surface area contributed by atoms with Crippen molar-refractivity contribution in [3.8, 4) is 0 Å². The van der Waals surface area contributed by atoms with Crippen molar-refractivity contribution in [2.75, 3.05) is 64.7 Å². The topological polar surface area (TPSA) is 829 Å². The minimum absolute atomic E-state index is 0.0102. The quantitative estimate of drug-likeness (QED) is 0.0116. The zero-order valence-corrected chi connectivity index (χ0v) is 59.8. The Morgan fingerprint density at radius 1 is 0.282 bits per heavy atom. The third-order valence-corrected chi connectivity index (χ3v) is 14.5. The second-order valence-electron chi connectivity index (χ2n) is 24.2. The lowest BCUT2D eigenvalue weighted by atomic mass is 10.0. The molecule has 43 N–H and O–H groups in total. The highest BCUT2D eigenvalue weighted by Crippen LogP contribution is 2.13. The molecule has 0 aliphatic carbocycles. The number of carbonyl (C=O) groups is 10. The number of primary amides is 1. The Labute approximate surface area is 603 Å². The van der Waals surface area contributed by atoms with E-state index in [9.17, 15) is 47.9 Å². The van der Waals surface area contributed by atoms with E-state index in [0.29, 0.717) is 0 Å². The maximum Gasteiger partial charge on any atom is 0.246 e. The largest absolute Gasteiger partial charge is 0.370 e. The molecule has 0 spiro atoms. The van der Waals surface area contributed by atoms with Crippen molar-refractivity contribution in [1.82, 2.24) is 47.9 Å². The molecule has 10 amide bonds. The van der Waals surface area contributed by atoms with Gasteiger partial charge in [-0.05, 0) is 124 Å². The number of thiol groups is 1. The second-order valence-corrected chi connectivity index (χ2v) is 24.6. The van der Waals surface area contributed by atoms with Crippen LogP contribution < -0.4 is 145 Å². The summed E-state index contributed by atoms with van der Waals surface area (Å²) in [6.45, 7) is 4.49. The average molecular weight is 1480 g/mol. The number of amides is 10. The minimum Gasteiger partial charge on any atom is -0.370 e. The first-order valence-electron chi connectivity index (χ1n) is 33.1. The van der Waals surface area contributed by atoms with E-state index in [2.05, 4.69) is 100 Å². The molecule has 0 aliphatic heterocycles. The lowest BCUT2D eigenvalue weighted by molar-refractivity contribution is -0.137. The fourth-order valence-corrected chi connectivity index (χ4v) is 9.35. The van der Waals surface area contributed by atoms with Crippen molar-refractivity contribution in [3.05, 3.63) is 0 Å². The highest BCUT2D eigenvalue weighted by molar-refractivity contribution is 7.80. The smallest absolute Gasteiger partial charge is 0.246 e. The molecule has 0 aromatic carbocycles. The summed E-state index contributed by atoms with van der Waals surface area (Å²) in [4.78, 5) is 173. The van der Waals surface area contributed by atoms with Crippen LogP contribution in [0.3, 0.4) is 0 Å². The molecule has 0 saturated carbocycles. The first kappa shape index (κ1) is 92.2. The average Bonchev–Trinajstić information content (AvgIpc) is 0.863. The molecule has 9 atom stereocenters. The van der Waals surface area contributed by atoms with Crippen LogP contribution in [-0.4, -0.2) is 231 Å². The number of nitrogens with one attached hydrogen (secondary N) is 9. The molecule has 0 fully saturated rings. The van der Waals surface area contributed by atoms with Crippen LogP contribution in [0.5, 0.6) is 0 Å². The van der Waals surface area contributed by atoms with Gasteiger partial charge in [0.05, 0.1) is 5.60 Å². The Morgan fingerprint density at radius 3 is 0.573 bits per heavy atom. The monoisotopic (exact) mass is 1480 g/mol. The predicted molar refractivity (Wildman–Crippen MR) is 395 cm³/mol. The number of hydrogen-bond acceptors (Lipinski definition) is 20. The van der Waals surface area contributed by atoms with E-state index in [1.807, 2.05) is 0 Å². The standard InChI is InChI=1S/C57H114N34O11S/c1-57(2,3)102-28-39(92)83-30(12-4-20-75-49(59)60)41(94)84-31(13-5-21-76-50(61)62)42(95)85-32(14-6-22-77-51(63)64)43(96)86-33(15-7-23-78-52(65)66)44(97)87-34(16-8-24-79-53(67)68)45(98)88-35(17-9-25-80-54(69)70)46(99)89-36(18-10-26-81-55(71)72)47(100)90-37(19-11-27-82-56(73)74)48(101)91-38(29-103)40(58)93/h30-38,103H,4-29H2,1-3H3,(H2,58,93)(H,83,92)(H,84,94)(H,85,95)(H,86,96)(H,87,97)(H,88,98)(H,89,99)(H,90,100)(H,91,101)(H4,59,60,75)(H4,61,62,76)(H4,63,64,77)(H4,65,66,78)(H4,67,68,79)(H4,69,70,80)(H4,71,72,81)(H4,73,74,82)/t30-,31-,32-,33-,34-,35-,36-,37-,38-/m1/s1. The highest BCUT2D eigenvalue weighted by Gasteiger charge is 2.36. The van der Waals surface area contributed by atoms with Crippen molar-refractivity contribution in [2.24, 2.45) is 137 Å². The van der Waals surface area contributed by atoms with Crippen LogP contribution in [-0.2, 0) is 52.7 Å². The van der Waals surface area contributed by atoms with E-state index in [1.54, 1.807) is 20.8 Å². The normalized spacial score (nSPS) is 13.4. The predicted octanol–water partition coefficient (Wildman–Crippen LogP) is -12.0. The number of nitrogens with two attached hydrogens (primary N) is 17. The number of aliphatic imine (C=N–C) groups is 8. The number of guanidine groups is 8. The zero-order chi connectivity index (χ0) is 78.2. The number of nitrogens with zero attached hydrogens (tertiary/aromatic N) is 8. The second kappa shape index (κ2) is 51.3. The maximum absolute atomic E-state index is 14.9. The van der Waals surface area contributed by atoms with Gasteiger partial charge < -0.3 is 150 Å². The van der Waals surface area contributed by atoms with Crippen molar-refractivity contribution < 1.29 is 52.7 Å². The first-order chi connectivity index (χ1) is 48.3. The van der Waals surface area contributed by atoms with Crippen molar-refractivity contribution >= 4 is 119 Å². The molecular formula is C57H114N34O11S. The van der Waals surface area contributed by atoms with Crippen molar-refractivity contribution in [1.29, 1.82) is 0 Å². The zero-order valence-electron chi connectivity index (χ0n) is 58.9. The molecule has 0 saturated heterocycles. The molecular weight excluding hydrogens is 1370 g/mol. The van der Waals surface area contributed by atoms with E-state index < -0.39 is 126 Å². The van der Waals surface area contributed by atoms with Gasteiger partial charge in [-0.2, -0.15) is 12.6 Å². The molecule has 103 heavy (non-hydrogen) atoms. The fourth-order valence-electron chi connectivity index (χ4n) is 9.08. The SMILES string of the molecule is CC(C)(C)OCC(=O)N[C@H](CCCN=C(N)N)C(=O)N[C@H](CCCN=C(N)N)C(=O)N[C@H](CCCN=C(N)N)C(=O)N[C@H](CCCN=C(N)N)C(=O)N[C@H](CCCN=C(N)N)C(=O)N[C@H](CCCN=C(N)N)C(=O)N[C@H](CCCN=C(N)N)C(=O)N[C@H](CCCN=C(N)N)C(=O)N[C@H](CS)C(N)=O. The van der Waals surface area contributed by atoms with Gasteiger partial charge in [-0.1, -0.05) is 0 Å². The van der Waals surface area contributed by atoms with Crippen molar-refractivity contribution in [3.63, 3.8) is 0 Å². The number of ether oxygens (including phenoxy) is 1. The lowest BCUT2D eigenvalue weighted by Gasteiger charge is -2.28. The van der Waals surface area contributed by atoms with Gasteiger partial charge >= 0.3 is 0 Å². The van der Waals surface area contributed by atoms with Crippen LogP contribution in [0.4, 0.5) is 0 Å². The Balaban J connectivity index is 7.90. The summed E-state index contributed by atoms with van der Waals surface area (Å²) in [6.07, 6.45) is -0.775. The first-order valence-corrected chi connectivity index (χ1v) is 33.7. The van der Waals surface area contributed by atoms with Crippen LogP contribution in [0.15, 0.2) is 39.9 Å². The van der Waals surface area contributed by atoms with Gasteiger partial charge in [0.2, 0.25) is 59.1 Å². The Hall–Kier alpha value is -10.8. The maximum atomic E-state index is 14.9. The van der Waals surface area contributed by atoms with E-state index in [1.165, 1.54) is 0 Å². The summed E-state index contributed by atoms with van der Waals surface area (Å²) in [5.74, 6) is -11.4. The molecule has 0 aromatic rings. The summed E-state index contributed by atoms with van der Waals surface area (Å²) < 4.78 is 5.61. The van der Waals surface area contributed by atoms with Gasteiger partial charge in [-0.25, -0.2) is 0 Å². The van der Waals surface area contributed by atoms with Crippen LogP contribution in [0, 0.1) is 0 Å². The Morgan fingerprint density at radius 2 is 0.437 bits per heavy atom. The van der Waals surface area contributed by atoms with Crippen LogP contribution in [0.25, 0.3) is 0 Å². The number of rotatable bonds is 53. The van der Waals surface area contributed by atoms with Crippen LogP contribution in [0.2, 0.25) is 0 Å². The summed E-state index contributed by atoms with van der Waals surface area (Å²) >= 11 is 4.09. The molecule has 45 nitrogen and oxygen atoms in total. The molecule has 46 heteroatoms. The van der Waals surface area contributed by atoms with Gasteiger partial charge in [0.1, 0.15) is 61.0 Å². The van der Waals surface area contributed by atoms with Gasteiger partial charge in [0.25, 0.3) is 0 Å². The third-order valence-electron chi connectivity index (χ3n) is 14.1.